The quantitative estimate of drug-likeness (QED) is 0.310. The van der Waals surface area contributed by atoms with E-state index in [1.165, 1.54) is 11.3 Å². The number of anilines is 1. The van der Waals surface area contributed by atoms with Gasteiger partial charge in [0.15, 0.2) is 5.13 Å². The minimum Gasteiger partial charge on any atom is -0.462 e. The Morgan fingerprint density at radius 2 is 2.20 bits per heavy atom. The summed E-state index contributed by atoms with van der Waals surface area (Å²) in [5.74, 6) is -0.823. The van der Waals surface area contributed by atoms with Crippen molar-refractivity contribution < 1.29 is 18.7 Å². The van der Waals surface area contributed by atoms with Gasteiger partial charge in [0.2, 0.25) is 0 Å². The number of alkyl halides is 2. The Morgan fingerprint density at radius 1 is 1.47 bits per heavy atom. The number of aromatic amines is 1. The Hall–Kier alpha value is -1.40. The zero-order valence-electron chi connectivity index (χ0n) is 16.9. The highest BCUT2D eigenvalue weighted by atomic mass is 127. The second-order valence-electron chi connectivity index (χ2n) is 7.01. The molecule has 1 saturated heterocycles. The Labute approximate surface area is 196 Å². The summed E-state index contributed by atoms with van der Waals surface area (Å²) in [6, 6.07) is -0.623. The topological polar surface area (TPSA) is 87.3 Å². The van der Waals surface area contributed by atoms with Gasteiger partial charge in [0, 0.05) is 22.2 Å². The van der Waals surface area contributed by atoms with Crippen molar-refractivity contribution in [2.45, 2.75) is 43.8 Å². The van der Waals surface area contributed by atoms with E-state index >= 15 is 0 Å². The lowest BCUT2D eigenvalue weighted by atomic mass is 10.0. The second-order valence-corrected chi connectivity index (χ2v) is 9.13. The van der Waals surface area contributed by atoms with Crippen LogP contribution in [0.1, 0.15) is 50.5 Å². The van der Waals surface area contributed by atoms with Crippen molar-refractivity contribution in [3.8, 4) is 0 Å². The standard InChI is InChI=1S/C19H23ClFIN4O3S/c1-4-29-18(28)16-10(3)24-19(30-16)26-6-5-13(12(21)8-26)25-17(27)15-14(20)11(7-22)9(2)23-15/h12-13,23H,4-8H2,1-3H3,(H,25,27)/t12-,13+/m0/s1. The highest BCUT2D eigenvalue weighted by Gasteiger charge is 2.33. The van der Waals surface area contributed by atoms with E-state index < -0.39 is 24.1 Å². The predicted molar refractivity (Wildman–Crippen MR) is 124 cm³/mol. The summed E-state index contributed by atoms with van der Waals surface area (Å²) < 4.78 is 20.6. The average Bonchev–Trinajstić information content (AvgIpc) is 3.22. The number of carbonyl (C=O) groups is 2. The smallest absolute Gasteiger partial charge is 0.350 e. The van der Waals surface area contributed by atoms with Crippen molar-refractivity contribution in [3.05, 3.63) is 32.5 Å². The number of H-pyrrole nitrogens is 1. The average molecular weight is 569 g/mol. The van der Waals surface area contributed by atoms with Gasteiger partial charge in [-0.3, -0.25) is 4.79 Å². The molecule has 0 radical (unpaired) electrons. The van der Waals surface area contributed by atoms with E-state index in [1.54, 1.807) is 18.7 Å². The molecule has 0 aromatic carbocycles. The predicted octanol–water partition coefficient (Wildman–Crippen LogP) is 4.20. The Morgan fingerprint density at radius 3 is 2.80 bits per heavy atom. The second kappa shape index (κ2) is 9.82. The third-order valence-electron chi connectivity index (χ3n) is 4.98. The van der Waals surface area contributed by atoms with Crippen LogP contribution in [0.4, 0.5) is 9.52 Å². The van der Waals surface area contributed by atoms with Gasteiger partial charge in [-0.2, -0.15) is 0 Å². The first-order valence-corrected chi connectivity index (χ1v) is 12.3. The fraction of sp³-hybridized carbons (Fsp3) is 0.526. The van der Waals surface area contributed by atoms with Gasteiger partial charge in [0.1, 0.15) is 16.7 Å². The van der Waals surface area contributed by atoms with Crippen LogP contribution < -0.4 is 10.2 Å². The summed E-state index contributed by atoms with van der Waals surface area (Å²) in [4.78, 5) is 34.3. The van der Waals surface area contributed by atoms with Gasteiger partial charge in [-0.25, -0.2) is 14.2 Å². The molecule has 7 nitrogen and oxygen atoms in total. The highest BCUT2D eigenvalue weighted by molar-refractivity contribution is 14.1. The zero-order chi connectivity index (χ0) is 22.0. The third kappa shape index (κ3) is 4.75. The minimum absolute atomic E-state index is 0.0800. The van der Waals surface area contributed by atoms with Crippen LogP contribution in [0.2, 0.25) is 5.02 Å². The van der Waals surface area contributed by atoms with Gasteiger partial charge < -0.3 is 19.9 Å². The fourth-order valence-corrected chi connectivity index (χ4v) is 5.85. The molecule has 3 rings (SSSR count). The molecule has 3 heterocycles. The molecule has 2 aromatic rings. The third-order valence-corrected chi connectivity index (χ3v) is 7.36. The molecular weight excluding hydrogens is 546 g/mol. The van der Waals surface area contributed by atoms with E-state index in [0.29, 0.717) is 38.1 Å². The number of amides is 1. The number of carbonyl (C=O) groups excluding carboxylic acids is 2. The van der Waals surface area contributed by atoms with Gasteiger partial charge in [-0.1, -0.05) is 45.5 Å². The maximum absolute atomic E-state index is 14.9. The van der Waals surface area contributed by atoms with E-state index in [9.17, 15) is 14.0 Å². The first-order valence-electron chi connectivity index (χ1n) is 9.54. The van der Waals surface area contributed by atoms with Crippen molar-refractivity contribution in [3.63, 3.8) is 0 Å². The molecular formula is C19H23ClFIN4O3S. The Bertz CT molecular complexity index is 951. The number of hydrogen-bond donors (Lipinski definition) is 2. The molecule has 0 unspecified atom stereocenters. The molecule has 164 valence electrons. The monoisotopic (exact) mass is 568 g/mol. The van der Waals surface area contributed by atoms with Crippen LogP contribution in [-0.2, 0) is 9.16 Å². The maximum Gasteiger partial charge on any atom is 0.350 e. The van der Waals surface area contributed by atoms with Gasteiger partial charge >= 0.3 is 5.97 Å². The molecule has 11 heteroatoms. The number of nitrogens with one attached hydrogen (secondary N) is 2. The van der Waals surface area contributed by atoms with E-state index in [0.717, 1.165) is 11.3 Å². The van der Waals surface area contributed by atoms with Crippen LogP contribution in [0.5, 0.6) is 0 Å². The number of nitrogens with zero attached hydrogens (tertiary/aromatic N) is 2. The minimum atomic E-state index is -1.28. The van der Waals surface area contributed by atoms with E-state index in [2.05, 4.69) is 37.9 Å². The number of esters is 1. The van der Waals surface area contributed by atoms with Crippen molar-refractivity contribution in [2.75, 3.05) is 24.6 Å². The molecule has 1 fully saturated rings. The number of rotatable bonds is 6. The number of halogens is 3. The summed E-state index contributed by atoms with van der Waals surface area (Å²) in [7, 11) is 0. The molecule has 1 amide bonds. The number of aromatic nitrogens is 2. The molecule has 1 aliphatic rings. The van der Waals surface area contributed by atoms with Crippen LogP contribution in [0.15, 0.2) is 0 Å². The molecule has 0 saturated carbocycles. The molecule has 2 atom stereocenters. The van der Waals surface area contributed by atoms with E-state index in [-0.39, 0.29) is 18.8 Å². The normalized spacial score (nSPS) is 19.1. The summed E-state index contributed by atoms with van der Waals surface area (Å²) in [5, 5.41) is 3.73. The maximum atomic E-state index is 14.9. The summed E-state index contributed by atoms with van der Waals surface area (Å²) in [6.45, 7) is 6.21. The van der Waals surface area contributed by atoms with Crippen molar-refractivity contribution in [1.82, 2.24) is 15.3 Å². The lowest BCUT2D eigenvalue weighted by Gasteiger charge is -2.34. The van der Waals surface area contributed by atoms with Gasteiger partial charge in [-0.05, 0) is 27.2 Å². The zero-order valence-corrected chi connectivity index (χ0v) is 20.6. The molecule has 2 aromatic heterocycles. The number of aryl methyl sites for hydroxylation is 2. The van der Waals surface area contributed by atoms with Crippen LogP contribution in [0, 0.1) is 13.8 Å². The molecule has 0 spiro atoms. The summed E-state index contributed by atoms with van der Waals surface area (Å²) in [6.07, 6.45) is -0.867. The molecule has 1 aliphatic heterocycles. The lowest BCUT2D eigenvalue weighted by molar-refractivity contribution is 0.0531. The summed E-state index contributed by atoms with van der Waals surface area (Å²) >= 11 is 9.69. The van der Waals surface area contributed by atoms with Crippen LogP contribution in [0.3, 0.4) is 0 Å². The van der Waals surface area contributed by atoms with Crippen molar-refractivity contribution in [2.24, 2.45) is 0 Å². The van der Waals surface area contributed by atoms with Gasteiger partial charge in [0.05, 0.1) is 29.9 Å². The first-order chi connectivity index (χ1) is 14.3. The molecule has 0 aliphatic carbocycles. The summed E-state index contributed by atoms with van der Waals surface area (Å²) in [5.41, 5.74) is 2.56. The number of piperidine rings is 1. The number of ether oxygens (including phenoxy) is 1. The number of hydrogen-bond acceptors (Lipinski definition) is 6. The van der Waals surface area contributed by atoms with Crippen molar-refractivity contribution in [1.29, 1.82) is 0 Å². The Kier molecular flexibility index (Phi) is 7.61. The molecule has 30 heavy (non-hydrogen) atoms. The van der Waals surface area contributed by atoms with E-state index in [4.69, 9.17) is 16.3 Å². The van der Waals surface area contributed by atoms with Crippen molar-refractivity contribution >= 4 is 62.5 Å². The molecule has 2 N–H and O–H groups in total. The van der Waals surface area contributed by atoms with Crippen LogP contribution in [-0.4, -0.2) is 53.8 Å². The van der Waals surface area contributed by atoms with Gasteiger partial charge in [0.25, 0.3) is 5.91 Å². The van der Waals surface area contributed by atoms with E-state index in [1.807, 2.05) is 6.92 Å². The van der Waals surface area contributed by atoms with Gasteiger partial charge in [-0.15, -0.1) is 0 Å². The van der Waals surface area contributed by atoms with Crippen LogP contribution in [0.25, 0.3) is 0 Å². The SMILES string of the molecule is CCOC(=O)c1sc(N2CC[C@@H](NC(=O)c3[nH]c(C)c(CI)c3Cl)[C@@H](F)C2)nc1C. The Balaban J connectivity index is 1.65. The lowest BCUT2D eigenvalue weighted by Crippen LogP contribution is -2.52. The van der Waals surface area contributed by atoms with Crippen LogP contribution >= 0.6 is 45.5 Å². The highest BCUT2D eigenvalue weighted by Crippen LogP contribution is 2.30. The fourth-order valence-electron chi connectivity index (χ4n) is 3.33. The molecule has 0 bridgehead atoms. The largest absolute Gasteiger partial charge is 0.462 e. The first kappa shape index (κ1) is 23.3. The number of thiazole rings is 1.